The molecule has 0 atom stereocenters. The van der Waals surface area contributed by atoms with Gasteiger partial charge in [-0.25, -0.2) is 4.68 Å². The molecule has 23 heavy (non-hydrogen) atoms. The van der Waals surface area contributed by atoms with E-state index in [4.69, 9.17) is 23.2 Å². The van der Waals surface area contributed by atoms with Gasteiger partial charge in [-0.05, 0) is 35.9 Å². The zero-order chi connectivity index (χ0) is 16.4. The number of aromatic nitrogens is 2. The summed E-state index contributed by atoms with van der Waals surface area (Å²) in [4.78, 5) is 12.1. The smallest absolute Gasteiger partial charge is 0.267 e. The van der Waals surface area contributed by atoms with E-state index in [1.807, 2.05) is 24.3 Å². The molecular formula is C17H11BrCl2N2O. The van der Waals surface area contributed by atoms with Crippen molar-refractivity contribution < 1.29 is 0 Å². The van der Waals surface area contributed by atoms with Gasteiger partial charge in [0.05, 0.1) is 12.2 Å². The van der Waals surface area contributed by atoms with Gasteiger partial charge >= 0.3 is 0 Å². The predicted octanol–water partition coefficient (Wildman–Crippen LogP) is 5.03. The Bertz CT molecular complexity index is 907. The van der Waals surface area contributed by atoms with Gasteiger partial charge in [0.2, 0.25) is 0 Å². The molecule has 6 heteroatoms. The van der Waals surface area contributed by atoms with E-state index in [1.54, 1.807) is 24.3 Å². The van der Waals surface area contributed by atoms with E-state index in [0.717, 1.165) is 21.3 Å². The van der Waals surface area contributed by atoms with E-state index in [9.17, 15) is 4.79 Å². The van der Waals surface area contributed by atoms with Gasteiger partial charge < -0.3 is 0 Å². The maximum atomic E-state index is 12.1. The van der Waals surface area contributed by atoms with Crippen LogP contribution >= 0.6 is 39.1 Å². The van der Waals surface area contributed by atoms with Crippen LogP contribution in [-0.4, -0.2) is 9.78 Å². The summed E-state index contributed by atoms with van der Waals surface area (Å²) in [6.07, 6.45) is 0. The van der Waals surface area contributed by atoms with Gasteiger partial charge in [0.25, 0.3) is 5.56 Å². The maximum Gasteiger partial charge on any atom is 0.267 e. The van der Waals surface area contributed by atoms with Crippen molar-refractivity contribution in [2.75, 3.05) is 0 Å². The molecule has 0 fully saturated rings. The topological polar surface area (TPSA) is 34.9 Å². The molecule has 116 valence electrons. The van der Waals surface area contributed by atoms with E-state index in [0.29, 0.717) is 16.6 Å². The number of rotatable bonds is 3. The molecule has 0 N–H and O–H groups in total. The molecule has 0 unspecified atom stereocenters. The number of benzene rings is 2. The standard InChI is InChI=1S/C17H11BrCl2N2O/c18-13-4-1-11(2-5-13)16-7-8-17(23)22(21-16)10-12-3-6-14(19)9-15(12)20/h1-9H,10H2. The molecular weight excluding hydrogens is 399 g/mol. The van der Waals surface area contributed by atoms with Crippen LogP contribution in [0.5, 0.6) is 0 Å². The Morgan fingerprint density at radius 2 is 1.74 bits per heavy atom. The second-order valence-electron chi connectivity index (χ2n) is 4.96. The summed E-state index contributed by atoms with van der Waals surface area (Å²) in [5.74, 6) is 0. The first kappa shape index (κ1) is 16.2. The van der Waals surface area contributed by atoms with Crippen molar-refractivity contribution in [1.82, 2.24) is 9.78 Å². The van der Waals surface area contributed by atoms with Crippen LogP contribution in [0.1, 0.15) is 5.56 Å². The van der Waals surface area contributed by atoms with E-state index in [-0.39, 0.29) is 5.56 Å². The highest BCUT2D eigenvalue weighted by Crippen LogP contribution is 2.22. The lowest BCUT2D eigenvalue weighted by Gasteiger charge is -2.09. The molecule has 0 aliphatic rings. The zero-order valence-corrected chi connectivity index (χ0v) is 14.9. The summed E-state index contributed by atoms with van der Waals surface area (Å²) >= 11 is 15.5. The van der Waals surface area contributed by atoms with Crippen molar-refractivity contribution in [1.29, 1.82) is 0 Å². The minimum Gasteiger partial charge on any atom is -0.268 e. The summed E-state index contributed by atoms with van der Waals surface area (Å²) in [5.41, 5.74) is 2.27. The van der Waals surface area contributed by atoms with Crippen LogP contribution in [0.15, 0.2) is 63.9 Å². The third-order valence-corrected chi connectivity index (χ3v) is 4.46. The van der Waals surface area contributed by atoms with Crippen LogP contribution < -0.4 is 5.56 Å². The molecule has 0 spiro atoms. The Morgan fingerprint density at radius 3 is 2.43 bits per heavy atom. The van der Waals surface area contributed by atoms with Gasteiger partial charge in [-0.15, -0.1) is 0 Å². The van der Waals surface area contributed by atoms with Gasteiger partial charge in [-0.1, -0.05) is 57.3 Å². The van der Waals surface area contributed by atoms with Crippen LogP contribution in [0, 0.1) is 0 Å². The van der Waals surface area contributed by atoms with Crippen LogP contribution in [0.3, 0.4) is 0 Å². The van der Waals surface area contributed by atoms with E-state index in [2.05, 4.69) is 21.0 Å². The third kappa shape index (κ3) is 3.83. The Kier molecular flexibility index (Phi) is 4.85. The summed E-state index contributed by atoms with van der Waals surface area (Å²) in [7, 11) is 0. The lowest BCUT2D eigenvalue weighted by Crippen LogP contribution is -2.23. The van der Waals surface area contributed by atoms with E-state index in [1.165, 1.54) is 10.7 Å². The Labute approximate surface area is 151 Å². The summed E-state index contributed by atoms with van der Waals surface area (Å²) < 4.78 is 2.38. The number of nitrogens with zero attached hydrogens (tertiary/aromatic N) is 2. The van der Waals surface area contributed by atoms with E-state index >= 15 is 0 Å². The molecule has 3 rings (SSSR count). The first-order valence-electron chi connectivity index (χ1n) is 6.81. The molecule has 2 aromatic carbocycles. The molecule has 1 heterocycles. The Balaban J connectivity index is 1.97. The second-order valence-corrected chi connectivity index (χ2v) is 6.72. The molecule has 0 bridgehead atoms. The van der Waals surface area contributed by atoms with Crippen LogP contribution in [-0.2, 0) is 6.54 Å². The molecule has 0 amide bonds. The number of hydrogen-bond donors (Lipinski definition) is 0. The summed E-state index contributed by atoms with van der Waals surface area (Å²) in [5, 5.41) is 5.50. The third-order valence-electron chi connectivity index (χ3n) is 3.34. The first-order valence-corrected chi connectivity index (χ1v) is 8.36. The quantitative estimate of drug-likeness (QED) is 0.608. The van der Waals surface area contributed by atoms with Gasteiger partial charge in [-0.3, -0.25) is 4.79 Å². The molecule has 3 nitrogen and oxygen atoms in total. The minimum absolute atomic E-state index is 0.183. The molecule has 0 aliphatic heterocycles. The largest absolute Gasteiger partial charge is 0.268 e. The Hall–Kier alpha value is -1.62. The monoisotopic (exact) mass is 408 g/mol. The number of hydrogen-bond acceptors (Lipinski definition) is 2. The normalized spacial score (nSPS) is 10.7. The Morgan fingerprint density at radius 1 is 1.00 bits per heavy atom. The van der Waals surface area contributed by atoms with Crippen molar-refractivity contribution in [3.8, 4) is 11.3 Å². The fourth-order valence-corrected chi connectivity index (χ4v) is 2.88. The highest BCUT2D eigenvalue weighted by atomic mass is 79.9. The van der Waals surface area contributed by atoms with Crippen molar-refractivity contribution in [2.45, 2.75) is 6.54 Å². The first-order chi connectivity index (χ1) is 11.0. The number of halogens is 3. The van der Waals surface area contributed by atoms with Crippen LogP contribution in [0.25, 0.3) is 11.3 Å². The highest BCUT2D eigenvalue weighted by Gasteiger charge is 2.07. The maximum absolute atomic E-state index is 12.1. The molecule has 1 aromatic heterocycles. The summed E-state index contributed by atoms with van der Waals surface area (Å²) in [6, 6.07) is 16.2. The molecule has 0 aliphatic carbocycles. The zero-order valence-electron chi connectivity index (χ0n) is 11.8. The SMILES string of the molecule is O=c1ccc(-c2ccc(Br)cc2)nn1Cc1ccc(Cl)cc1Cl. The lowest BCUT2D eigenvalue weighted by molar-refractivity contribution is 0.643. The van der Waals surface area contributed by atoms with Crippen molar-refractivity contribution in [3.63, 3.8) is 0 Å². The fraction of sp³-hybridized carbons (Fsp3) is 0.0588. The van der Waals surface area contributed by atoms with Crippen LogP contribution in [0.4, 0.5) is 0 Å². The molecule has 0 radical (unpaired) electrons. The van der Waals surface area contributed by atoms with Crippen molar-refractivity contribution in [3.05, 3.63) is 85.0 Å². The van der Waals surface area contributed by atoms with Gasteiger partial charge in [-0.2, -0.15) is 5.10 Å². The van der Waals surface area contributed by atoms with Gasteiger partial charge in [0.1, 0.15) is 0 Å². The van der Waals surface area contributed by atoms with Crippen molar-refractivity contribution >= 4 is 39.1 Å². The molecule has 0 saturated carbocycles. The average molecular weight is 410 g/mol. The second kappa shape index (κ2) is 6.87. The lowest BCUT2D eigenvalue weighted by atomic mass is 10.1. The molecule has 3 aromatic rings. The predicted molar refractivity (Wildman–Crippen MR) is 97.2 cm³/mol. The average Bonchev–Trinajstić information content (AvgIpc) is 2.53. The van der Waals surface area contributed by atoms with Gasteiger partial charge in [0, 0.05) is 26.1 Å². The van der Waals surface area contributed by atoms with Crippen LogP contribution in [0.2, 0.25) is 10.0 Å². The minimum atomic E-state index is -0.183. The van der Waals surface area contributed by atoms with E-state index < -0.39 is 0 Å². The fourth-order valence-electron chi connectivity index (χ4n) is 2.15. The van der Waals surface area contributed by atoms with Crippen molar-refractivity contribution in [2.24, 2.45) is 0 Å². The highest BCUT2D eigenvalue weighted by molar-refractivity contribution is 9.10. The molecule has 0 saturated heterocycles. The summed E-state index contributed by atoms with van der Waals surface area (Å²) in [6.45, 7) is 0.291. The van der Waals surface area contributed by atoms with Gasteiger partial charge in [0.15, 0.2) is 0 Å².